The lowest BCUT2D eigenvalue weighted by molar-refractivity contribution is -0.137. The Bertz CT molecular complexity index is 1340. The molecule has 0 saturated carbocycles. The van der Waals surface area contributed by atoms with Gasteiger partial charge in [0.05, 0.1) is 18.4 Å². The first kappa shape index (κ1) is 26.6. The molecule has 1 aliphatic heterocycles. The number of anilines is 2. The van der Waals surface area contributed by atoms with Gasteiger partial charge in [-0.05, 0) is 54.3 Å². The Morgan fingerprint density at radius 3 is 2.32 bits per heavy atom. The van der Waals surface area contributed by atoms with Gasteiger partial charge in [0.15, 0.2) is 5.82 Å². The number of urea groups is 1. The van der Waals surface area contributed by atoms with Gasteiger partial charge < -0.3 is 20.3 Å². The number of hydrogen-bond acceptors (Lipinski definition) is 4. The summed E-state index contributed by atoms with van der Waals surface area (Å²) >= 11 is 0. The van der Waals surface area contributed by atoms with Crippen molar-refractivity contribution in [1.82, 2.24) is 5.32 Å². The Balaban J connectivity index is 1.53. The number of methoxy groups -OCH3 is 1. The molecule has 7 nitrogen and oxygen atoms in total. The third-order valence-corrected chi connectivity index (χ3v) is 6.10. The normalized spacial score (nSPS) is 15.7. The van der Waals surface area contributed by atoms with Crippen molar-refractivity contribution in [3.8, 4) is 11.1 Å². The SMILES string of the molecule is COC(=O)c1c(-c2ccccc2)ccc(N2CCCC(NC(=O)Nc3ccc(C(F)(F)F)cc3)C2=O)c1F. The van der Waals surface area contributed by atoms with E-state index in [-0.39, 0.29) is 29.9 Å². The fourth-order valence-electron chi connectivity index (χ4n) is 4.25. The van der Waals surface area contributed by atoms with Gasteiger partial charge in [-0.15, -0.1) is 0 Å². The van der Waals surface area contributed by atoms with Gasteiger partial charge in [-0.25, -0.2) is 14.0 Å². The van der Waals surface area contributed by atoms with Crippen molar-refractivity contribution in [3.63, 3.8) is 0 Å². The second-order valence-corrected chi connectivity index (χ2v) is 8.54. The summed E-state index contributed by atoms with van der Waals surface area (Å²) in [7, 11) is 1.13. The summed E-state index contributed by atoms with van der Waals surface area (Å²) in [6.45, 7) is 0.153. The number of alkyl halides is 3. The summed E-state index contributed by atoms with van der Waals surface area (Å²) in [4.78, 5) is 39.3. The van der Waals surface area contributed by atoms with Crippen molar-refractivity contribution in [2.45, 2.75) is 25.1 Å². The van der Waals surface area contributed by atoms with Crippen LogP contribution >= 0.6 is 0 Å². The molecule has 0 aromatic heterocycles. The van der Waals surface area contributed by atoms with Crippen LogP contribution in [0, 0.1) is 5.82 Å². The summed E-state index contributed by atoms with van der Waals surface area (Å²) in [6.07, 6.45) is -3.82. The Labute approximate surface area is 215 Å². The molecule has 3 aromatic carbocycles. The predicted molar refractivity (Wildman–Crippen MR) is 132 cm³/mol. The Morgan fingerprint density at radius 2 is 1.68 bits per heavy atom. The lowest BCUT2D eigenvalue weighted by Gasteiger charge is -2.33. The van der Waals surface area contributed by atoms with E-state index in [1.165, 1.54) is 12.1 Å². The van der Waals surface area contributed by atoms with Gasteiger partial charge in [0.25, 0.3) is 0 Å². The lowest BCUT2D eigenvalue weighted by atomic mass is 9.97. The van der Waals surface area contributed by atoms with Gasteiger partial charge in [0.2, 0.25) is 5.91 Å². The zero-order chi connectivity index (χ0) is 27.4. The van der Waals surface area contributed by atoms with E-state index in [0.717, 1.165) is 36.3 Å². The van der Waals surface area contributed by atoms with Crippen LogP contribution in [-0.4, -0.2) is 37.6 Å². The molecule has 0 aliphatic carbocycles. The average Bonchev–Trinajstić information content (AvgIpc) is 2.90. The van der Waals surface area contributed by atoms with Crippen molar-refractivity contribution < 1.29 is 36.7 Å². The smallest absolute Gasteiger partial charge is 0.416 e. The minimum absolute atomic E-state index is 0.0980. The van der Waals surface area contributed by atoms with Crippen molar-refractivity contribution in [1.29, 1.82) is 0 Å². The molecule has 0 bridgehead atoms. The van der Waals surface area contributed by atoms with E-state index >= 15 is 4.39 Å². The number of rotatable bonds is 5. The highest BCUT2D eigenvalue weighted by atomic mass is 19.4. The van der Waals surface area contributed by atoms with Gasteiger partial charge >= 0.3 is 18.2 Å². The molecule has 0 spiro atoms. The number of carbonyl (C=O) groups is 3. The fourth-order valence-corrected chi connectivity index (χ4v) is 4.25. The molecule has 4 rings (SSSR count). The second-order valence-electron chi connectivity index (χ2n) is 8.54. The molecule has 1 aliphatic rings. The highest BCUT2D eigenvalue weighted by Crippen LogP contribution is 2.34. The molecule has 3 aromatic rings. The van der Waals surface area contributed by atoms with Crippen molar-refractivity contribution in [2.24, 2.45) is 0 Å². The van der Waals surface area contributed by atoms with Crippen LogP contribution in [0.1, 0.15) is 28.8 Å². The Hall–Kier alpha value is -4.41. The number of ether oxygens (including phenoxy) is 1. The molecule has 1 unspecified atom stereocenters. The van der Waals surface area contributed by atoms with Crippen LogP contribution in [0.2, 0.25) is 0 Å². The predicted octanol–water partition coefficient (Wildman–Crippen LogP) is 5.62. The second kappa shape index (κ2) is 10.9. The van der Waals surface area contributed by atoms with Gasteiger partial charge in [0, 0.05) is 12.2 Å². The van der Waals surface area contributed by atoms with Crippen molar-refractivity contribution in [3.05, 3.63) is 83.7 Å². The topological polar surface area (TPSA) is 87.7 Å². The standard InChI is InChI=1S/C27H23F4N3O4/c1-38-25(36)22-19(16-6-3-2-4-7-16)13-14-21(23(22)28)34-15-5-8-20(24(34)35)33-26(37)32-18-11-9-17(10-12-18)27(29,30)31/h2-4,6-7,9-14,20H,5,8,15H2,1H3,(H2,32,33,37). The molecule has 0 radical (unpaired) electrons. The monoisotopic (exact) mass is 529 g/mol. The van der Waals surface area contributed by atoms with Crippen LogP contribution in [-0.2, 0) is 15.7 Å². The third kappa shape index (κ3) is 5.61. The van der Waals surface area contributed by atoms with Crippen LogP contribution in [0.5, 0.6) is 0 Å². The molecule has 1 fully saturated rings. The lowest BCUT2D eigenvalue weighted by Crippen LogP contribution is -2.53. The minimum atomic E-state index is -4.51. The number of hydrogen-bond donors (Lipinski definition) is 2. The molecule has 11 heteroatoms. The molecule has 3 amide bonds. The summed E-state index contributed by atoms with van der Waals surface area (Å²) in [5.74, 6) is -2.43. The number of piperidine rings is 1. The number of halogens is 4. The van der Waals surface area contributed by atoms with Crippen LogP contribution in [0.25, 0.3) is 11.1 Å². The van der Waals surface area contributed by atoms with Crippen LogP contribution in [0.15, 0.2) is 66.7 Å². The maximum atomic E-state index is 15.7. The maximum Gasteiger partial charge on any atom is 0.416 e. The largest absolute Gasteiger partial charge is 0.465 e. The first-order valence-corrected chi connectivity index (χ1v) is 11.6. The van der Waals surface area contributed by atoms with Crippen molar-refractivity contribution in [2.75, 3.05) is 23.9 Å². The molecule has 198 valence electrons. The first-order valence-electron chi connectivity index (χ1n) is 11.6. The number of benzene rings is 3. The quantitative estimate of drug-likeness (QED) is 0.332. The molecular formula is C27H23F4N3O4. The Kier molecular flexibility index (Phi) is 7.65. The number of nitrogens with one attached hydrogen (secondary N) is 2. The fraction of sp³-hybridized carbons (Fsp3) is 0.222. The van der Waals surface area contributed by atoms with E-state index in [0.29, 0.717) is 17.5 Å². The van der Waals surface area contributed by atoms with Gasteiger partial charge in [-0.2, -0.15) is 13.2 Å². The van der Waals surface area contributed by atoms with Crippen LogP contribution in [0.4, 0.5) is 33.7 Å². The van der Waals surface area contributed by atoms with E-state index in [1.807, 2.05) is 0 Å². The number of carbonyl (C=O) groups excluding carboxylic acids is 3. The zero-order valence-corrected chi connectivity index (χ0v) is 20.1. The summed E-state index contributed by atoms with van der Waals surface area (Å²) in [5.41, 5.74) is -0.338. The van der Waals surface area contributed by atoms with Crippen LogP contribution in [0.3, 0.4) is 0 Å². The number of nitrogens with zero attached hydrogens (tertiary/aromatic N) is 1. The summed E-state index contributed by atoms with van der Waals surface area (Å²) in [5, 5.41) is 4.88. The van der Waals surface area contributed by atoms with E-state index < -0.39 is 41.5 Å². The molecule has 2 N–H and O–H groups in total. The van der Waals surface area contributed by atoms with Crippen molar-refractivity contribution >= 4 is 29.3 Å². The van der Waals surface area contributed by atoms with E-state index in [1.54, 1.807) is 30.3 Å². The summed E-state index contributed by atoms with van der Waals surface area (Å²) in [6, 6.07) is 13.6. The van der Waals surface area contributed by atoms with Gasteiger partial charge in [0.1, 0.15) is 11.6 Å². The average molecular weight is 529 g/mol. The zero-order valence-electron chi connectivity index (χ0n) is 20.1. The first-order chi connectivity index (χ1) is 18.1. The molecule has 1 heterocycles. The number of amides is 3. The van der Waals surface area contributed by atoms with Gasteiger partial charge in [-0.1, -0.05) is 36.4 Å². The Morgan fingerprint density at radius 1 is 1.00 bits per heavy atom. The summed E-state index contributed by atoms with van der Waals surface area (Å²) < 4.78 is 58.8. The molecule has 38 heavy (non-hydrogen) atoms. The van der Waals surface area contributed by atoms with Gasteiger partial charge in [-0.3, -0.25) is 4.79 Å². The molecular weight excluding hydrogens is 506 g/mol. The third-order valence-electron chi connectivity index (χ3n) is 6.10. The van der Waals surface area contributed by atoms with E-state index in [9.17, 15) is 27.6 Å². The van der Waals surface area contributed by atoms with E-state index in [2.05, 4.69) is 10.6 Å². The highest BCUT2D eigenvalue weighted by Gasteiger charge is 2.34. The minimum Gasteiger partial charge on any atom is -0.465 e. The maximum absolute atomic E-state index is 15.7. The van der Waals surface area contributed by atoms with Crippen LogP contribution < -0.4 is 15.5 Å². The van der Waals surface area contributed by atoms with E-state index in [4.69, 9.17) is 4.74 Å². The number of esters is 1. The highest BCUT2D eigenvalue weighted by molar-refractivity contribution is 6.04. The molecule has 1 saturated heterocycles. The molecule has 1 atom stereocenters.